The maximum absolute atomic E-state index is 5.64. The molecule has 0 atom stereocenters. The molecular weight excluding hydrogens is 128 g/mol. The SMILES string of the molecule is CN=C(N)C1CCOCC1. The van der Waals surface area contributed by atoms with Crippen LogP contribution in [0.25, 0.3) is 0 Å². The molecule has 0 spiro atoms. The van der Waals surface area contributed by atoms with Gasteiger partial charge >= 0.3 is 0 Å². The molecule has 0 unspecified atom stereocenters. The van der Waals surface area contributed by atoms with E-state index in [-0.39, 0.29) is 0 Å². The molecule has 3 heteroatoms. The number of hydrogen-bond acceptors (Lipinski definition) is 2. The summed E-state index contributed by atoms with van der Waals surface area (Å²) in [6, 6.07) is 0. The van der Waals surface area contributed by atoms with Crippen LogP contribution in [-0.4, -0.2) is 26.1 Å². The van der Waals surface area contributed by atoms with Crippen LogP contribution in [0.5, 0.6) is 0 Å². The van der Waals surface area contributed by atoms with E-state index in [1.165, 1.54) is 0 Å². The molecule has 1 heterocycles. The first-order chi connectivity index (χ1) is 4.84. The molecule has 3 nitrogen and oxygen atoms in total. The van der Waals surface area contributed by atoms with E-state index in [0.717, 1.165) is 31.9 Å². The summed E-state index contributed by atoms with van der Waals surface area (Å²) < 4.78 is 5.18. The van der Waals surface area contributed by atoms with Crippen LogP contribution in [-0.2, 0) is 4.74 Å². The van der Waals surface area contributed by atoms with E-state index in [1.807, 2.05) is 0 Å². The fourth-order valence-electron chi connectivity index (χ4n) is 1.18. The van der Waals surface area contributed by atoms with Crippen molar-refractivity contribution in [3.05, 3.63) is 0 Å². The van der Waals surface area contributed by atoms with Crippen molar-refractivity contribution in [2.24, 2.45) is 16.6 Å². The van der Waals surface area contributed by atoms with E-state index < -0.39 is 0 Å². The Balaban J connectivity index is 2.39. The van der Waals surface area contributed by atoms with Crippen molar-refractivity contribution in [3.8, 4) is 0 Å². The lowest BCUT2D eigenvalue weighted by molar-refractivity contribution is 0.0825. The quantitative estimate of drug-likeness (QED) is 0.425. The second kappa shape index (κ2) is 3.56. The number of nitrogens with zero attached hydrogens (tertiary/aromatic N) is 1. The average molecular weight is 142 g/mol. The van der Waals surface area contributed by atoms with Crippen molar-refractivity contribution in [3.63, 3.8) is 0 Å². The second-order valence-corrected chi connectivity index (χ2v) is 2.54. The number of hydrogen-bond donors (Lipinski definition) is 1. The minimum absolute atomic E-state index is 0.471. The van der Waals surface area contributed by atoms with Gasteiger partial charge in [-0.2, -0.15) is 0 Å². The van der Waals surface area contributed by atoms with Crippen molar-refractivity contribution in [1.29, 1.82) is 0 Å². The molecule has 0 aromatic rings. The van der Waals surface area contributed by atoms with Crippen molar-refractivity contribution in [2.45, 2.75) is 12.8 Å². The standard InChI is InChI=1S/C7H14N2O/c1-9-7(8)6-2-4-10-5-3-6/h6H,2-5H2,1H3,(H2,8,9). The Labute approximate surface area is 61.3 Å². The van der Waals surface area contributed by atoms with Gasteiger partial charge in [0, 0.05) is 26.2 Å². The van der Waals surface area contributed by atoms with Gasteiger partial charge in [-0.1, -0.05) is 0 Å². The highest BCUT2D eigenvalue weighted by Crippen LogP contribution is 2.13. The third kappa shape index (κ3) is 1.70. The molecule has 0 amide bonds. The van der Waals surface area contributed by atoms with E-state index in [0.29, 0.717) is 5.92 Å². The molecule has 1 aliphatic heterocycles. The van der Waals surface area contributed by atoms with Gasteiger partial charge < -0.3 is 10.5 Å². The molecule has 1 saturated heterocycles. The summed E-state index contributed by atoms with van der Waals surface area (Å²) in [5, 5.41) is 0. The highest BCUT2D eigenvalue weighted by Gasteiger charge is 2.16. The van der Waals surface area contributed by atoms with Crippen molar-refractivity contribution in [1.82, 2.24) is 0 Å². The molecule has 0 aromatic heterocycles. The summed E-state index contributed by atoms with van der Waals surface area (Å²) in [5.74, 6) is 1.25. The fourth-order valence-corrected chi connectivity index (χ4v) is 1.18. The molecule has 1 aliphatic rings. The van der Waals surface area contributed by atoms with Crippen LogP contribution in [0, 0.1) is 5.92 Å². The zero-order chi connectivity index (χ0) is 7.40. The molecule has 0 radical (unpaired) electrons. The van der Waals surface area contributed by atoms with Gasteiger partial charge in [0.2, 0.25) is 0 Å². The Bertz CT molecular complexity index is 128. The van der Waals surface area contributed by atoms with Crippen LogP contribution in [0.15, 0.2) is 4.99 Å². The third-order valence-corrected chi connectivity index (χ3v) is 1.90. The van der Waals surface area contributed by atoms with Gasteiger partial charge in [0.25, 0.3) is 0 Å². The monoisotopic (exact) mass is 142 g/mol. The summed E-state index contributed by atoms with van der Waals surface area (Å²) in [6.45, 7) is 1.67. The van der Waals surface area contributed by atoms with Crippen LogP contribution in [0.3, 0.4) is 0 Å². The molecular formula is C7H14N2O. The van der Waals surface area contributed by atoms with Gasteiger partial charge in [-0.05, 0) is 12.8 Å². The molecule has 1 rings (SSSR count). The summed E-state index contributed by atoms with van der Waals surface area (Å²) in [4.78, 5) is 3.95. The number of rotatable bonds is 1. The average Bonchev–Trinajstić information content (AvgIpc) is 2.05. The van der Waals surface area contributed by atoms with Crippen molar-refractivity contribution in [2.75, 3.05) is 20.3 Å². The van der Waals surface area contributed by atoms with Crippen molar-refractivity contribution >= 4 is 5.84 Å². The maximum Gasteiger partial charge on any atom is 0.0966 e. The molecule has 0 saturated carbocycles. The van der Waals surface area contributed by atoms with Gasteiger partial charge in [-0.3, -0.25) is 4.99 Å². The van der Waals surface area contributed by atoms with E-state index >= 15 is 0 Å². The lowest BCUT2D eigenvalue weighted by Crippen LogP contribution is -2.29. The topological polar surface area (TPSA) is 47.6 Å². The number of nitrogens with two attached hydrogens (primary N) is 1. The highest BCUT2D eigenvalue weighted by molar-refractivity contribution is 5.82. The van der Waals surface area contributed by atoms with E-state index in [2.05, 4.69) is 4.99 Å². The first-order valence-corrected chi connectivity index (χ1v) is 3.64. The smallest absolute Gasteiger partial charge is 0.0966 e. The molecule has 2 N–H and O–H groups in total. The normalized spacial score (nSPS) is 23.1. The minimum atomic E-state index is 0.471. The Kier molecular flexibility index (Phi) is 2.68. The van der Waals surface area contributed by atoms with Crippen molar-refractivity contribution < 1.29 is 4.74 Å². The largest absolute Gasteiger partial charge is 0.387 e. The predicted molar refractivity (Wildman–Crippen MR) is 41.1 cm³/mol. The molecule has 0 bridgehead atoms. The van der Waals surface area contributed by atoms with Gasteiger partial charge in [-0.15, -0.1) is 0 Å². The van der Waals surface area contributed by atoms with E-state index in [4.69, 9.17) is 10.5 Å². The maximum atomic E-state index is 5.64. The first kappa shape index (κ1) is 7.54. The van der Waals surface area contributed by atoms with Crippen LogP contribution in [0.4, 0.5) is 0 Å². The zero-order valence-corrected chi connectivity index (χ0v) is 6.34. The molecule has 0 aromatic carbocycles. The lowest BCUT2D eigenvalue weighted by Gasteiger charge is -2.20. The third-order valence-electron chi connectivity index (χ3n) is 1.90. The molecule has 0 aliphatic carbocycles. The van der Waals surface area contributed by atoms with Gasteiger partial charge in [0.1, 0.15) is 0 Å². The molecule has 1 fully saturated rings. The lowest BCUT2D eigenvalue weighted by atomic mass is 9.99. The molecule has 10 heavy (non-hydrogen) atoms. The molecule has 58 valence electrons. The minimum Gasteiger partial charge on any atom is -0.387 e. The first-order valence-electron chi connectivity index (χ1n) is 3.64. The predicted octanol–water partition coefficient (Wildman–Crippen LogP) is 0.400. The Hall–Kier alpha value is -0.570. The Morgan fingerprint density at radius 3 is 2.60 bits per heavy atom. The Morgan fingerprint density at radius 1 is 1.50 bits per heavy atom. The van der Waals surface area contributed by atoms with Gasteiger partial charge in [0.05, 0.1) is 5.84 Å². The number of ether oxygens (including phenoxy) is 1. The van der Waals surface area contributed by atoms with Gasteiger partial charge in [0.15, 0.2) is 0 Å². The van der Waals surface area contributed by atoms with E-state index in [1.54, 1.807) is 7.05 Å². The van der Waals surface area contributed by atoms with Crippen LogP contribution in [0.1, 0.15) is 12.8 Å². The van der Waals surface area contributed by atoms with Gasteiger partial charge in [-0.25, -0.2) is 0 Å². The van der Waals surface area contributed by atoms with E-state index in [9.17, 15) is 0 Å². The highest BCUT2D eigenvalue weighted by atomic mass is 16.5. The van der Waals surface area contributed by atoms with Crippen LogP contribution >= 0.6 is 0 Å². The number of amidine groups is 1. The summed E-state index contributed by atoms with van der Waals surface area (Å²) in [6.07, 6.45) is 2.06. The summed E-state index contributed by atoms with van der Waals surface area (Å²) in [7, 11) is 1.74. The summed E-state index contributed by atoms with van der Waals surface area (Å²) in [5.41, 5.74) is 5.64. The van der Waals surface area contributed by atoms with Crippen LogP contribution < -0.4 is 5.73 Å². The Morgan fingerprint density at radius 2 is 2.10 bits per heavy atom. The summed E-state index contributed by atoms with van der Waals surface area (Å²) >= 11 is 0. The fraction of sp³-hybridized carbons (Fsp3) is 0.857. The zero-order valence-electron chi connectivity index (χ0n) is 6.34. The second-order valence-electron chi connectivity index (χ2n) is 2.54. The van der Waals surface area contributed by atoms with Crippen LogP contribution in [0.2, 0.25) is 0 Å². The number of aliphatic imine (C=N–C) groups is 1.